The molecular formula is C18H32N2O2. The number of hydrogen-bond acceptors (Lipinski definition) is 3. The summed E-state index contributed by atoms with van der Waals surface area (Å²) in [4.78, 5) is 14.6. The largest absolute Gasteiger partial charge is 0.378 e. The summed E-state index contributed by atoms with van der Waals surface area (Å²) >= 11 is 0. The molecule has 22 heavy (non-hydrogen) atoms. The molecular weight excluding hydrogens is 276 g/mol. The van der Waals surface area contributed by atoms with Crippen molar-refractivity contribution in [1.29, 1.82) is 0 Å². The van der Waals surface area contributed by atoms with E-state index in [0.29, 0.717) is 35.9 Å². The van der Waals surface area contributed by atoms with Gasteiger partial charge in [0, 0.05) is 38.2 Å². The summed E-state index contributed by atoms with van der Waals surface area (Å²) in [5.41, 5.74) is 0. The highest BCUT2D eigenvalue weighted by Gasteiger charge is 2.35. The molecule has 0 spiro atoms. The van der Waals surface area contributed by atoms with Crippen LogP contribution < -0.4 is 5.32 Å². The second-order valence-corrected chi connectivity index (χ2v) is 7.99. The summed E-state index contributed by atoms with van der Waals surface area (Å²) in [7, 11) is 0. The molecule has 2 bridgehead atoms. The van der Waals surface area contributed by atoms with Crippen LogP contribution in [0.25, 0.3) is 0 Å². The standard InChI is InChI=1S/C18H32N2O2/c1-13(2)12-22-17-5-7-20(8-6-17)18(21)11-14-9-15-3-4-16(10-14)19-15/h13-17,19H,3-12H2,1-2H3. The van der Waals surface area contributed by atoms with Crippen LogP contribution in [0.3, 0.4) is 0 Å². The fourth-order valence-corrected chi connectivity index (χ4v) is 4.32. The topological polar surface area (TPSA) is 41.6 Å². The molecule has 3 aliphatic heterocycles. The van der Waals surface area contributed by atoms with Gasteiger partial charge in [0.1, 0.15) is 0 Å². The third kappa shape index (κ3) is 4.23. The first-order valence-electron chi connectivity index (χ1n) is 9.25. The van der Waals surface area contributed by atoms with E-state index < -0.39 is 0 Å². The van der Waals surface area contributed by atoms with E-state index in [9.17, 15) is 4.79 Å². The van der Waals surface area contributed by atoms with Crippen LogP contribution in [-0.4, -0.2) is 48.7 Å². The molecule has 3 heterocycles. The fourth-order valence-electron chi connectivity index (χ4n) is 4.32. The lowest BCUT2D eigenvalue weighted by atomic mass is 9.89. The highest BCUT2D eigenvalue weighted by molar-refractivity contribution is 5.76. The monoisotopic (exact) mass is 308 g/mol. The number of carbonyl (C=O) groups is 1. The number of amides is 1. The lowest BCUT2D eigenvalue weighted by molar-refractivity contribution is -0.135. The van der Waals surface area contributed by atoms with Gasteiger partial charge in [-0.05, 0) is 50.4 Å². The van der Waals surface area contributed by atoms with Gasteiger partial charge in [0.05, 0.1) is 6.10 Å². The zero-order chi connectivity index (χ0) is 15.5. The second kappa shape index (κ2) is 7.31. The summed E-state index contributed by atoms with van der Waals surface area (Å²) in [6, 6.07) is 1.37. The number of carbonyl (C=O) groups excluding carboxylic acids is 1. The van der Waals surface area contributed by atoms with Gasteiger partial charge >= 0.3 is 0 Å². The zero-order valence-corrected chi connectivity index (χ0v) is 14.2. The maximum Gasteiger partial charge on any atom is 0.222 e. The van der Waals surface area contributed by atoms with E-state index in [-0.39, 0.29) is 0 Å². The molecule has 0 aliphatic carbocycles. The Morgan fingerprint density at radius 3 is 2.36 bits per heavy atom. The van der Waals surface area contributed by atoms with E-state index >= 15 is 0 Å². The van der Waals surface area contributed by atoms with Crippen LogP contribution >= 0.6 is 0 Å². The van der Waals surface area contributed by atoms with E-state index in [2.05, 4.69) is 24.1 Å². The van der Waals surface area contributed by atoms with Gasteiger partial charge in [-0.2, -0.15) is 0 Å². The number of fused-ring (bicyclic) bond motifs is 2. The molecule has 4 heteroatoms. The smallest absolute Gasteiger partial charge is 0.222 e. The Balaban J connectivity index is 1.38. The number of rotatable bonds is 5. The fraction of sp³-hybridized carbons (Fsp3) is 0.944. The minimum absolute atomic E-state index is 0.362. The Morgan fingerprint density at radius 1 is 1.14 bits per heavy atom. The van der Waals surface area contributed by atoms with Gasteiger partial charge in [-0.1, -0.05) is 13.8 Å². The van der Waals surface area contributed by atoms with Gasteiger partial charge < -0.3 is 15.0 Å². The molecule has 0 aromatic rings. The minimum atomic E-state index is 0.362. The molecule has 0 saturated carbocycles. The summed E-state index contributed by atoms with van der Waals surface area (Å²) in [5.74, 6) is 1.59. The number of nitrogens with one attached hydrogen (secondary N) is 1. The van der Waals surface area contributed by atoms with Crippen molar-refractivity contribution in [2.45, 2.75) is 77.0 Å². The predicted octanol–water partition coefficient (Wildman–Crippen LogP) is 2.57. The maximum atomic E-state index is 12.5. The van der Waals surface area contributed by atoms with Gasteiger partial charge in [0.15, 0.2) is 0 Å². The zero-order valence-electron chi connectivity index (χ0n) is 14.2. The first-order valence-corrected chi connectivity index (χ1v) is 9.25. The van der Waals surface area contributed by atoms with Crippen molar-refractivity contribution in [3.63, 3.8) is 0 Å². The molecule has 3 saturated heterocycles. The highest BCUT2D eigenvalue weighted by atomic mass is 16.5. The number of hydrogen-bond donors (Lipinski definition) is 1. The minimum Gasteiger partial charge on any atom is -0.378 e. The first kappa shape index (κ1) is 16.3. The van der Waals surface area contributed by atoms with Crippen LogP contribution in [0, 0.1) is 11.8 Å². The Labute approximate surface area is 135 Å². The first-order chi connectivity index (χ1) is 10.6. The molecule has 2 atom stereocenters. The van der Waals surface area contributed by atoms with E-state index in [1.165, 1.54) is 25.7 Å². The molecule has 3 rings (SSSR count). The van der Waals surface area contributed by atoms with Gasteiger partial charge in [0.2, 0.25) is 5.91 Å². The van der Waals surface area contributed by atoms with E-state index in [1.54, 1.807) is 0 Å². The highest BCUT2D eigenvalue weighted by Crippen LogP contribution is 2.33. The molecule has 3 fully saturated rings. The quantitative estimate of drug-likeness (QED) is 0.849. The normalized spacial score (nSPS) is 32.7. The van der Waals surface area contributed by atoms with Crippen molar-refractivity contribution < 1.29 is 9.53 Å². The predicted molar refractivity (Wildman–Crippen MR) is 87.7 cm³/mol. The third-order valence-corrected chi connectivity index (χ3v) is 5.49. The van der Waals surface area contributed by atoms with Crippen LogP contribution in [0.2, 0.25) is 0 Å². The van der Waals surface area contributed by atoms with Gasteiger partial charge in [-0.25, -0.2) is 0 Å². The molecule has 0 aromatic carbocycles. The summed E-state index contributed by atoms with van der Waals surface area (Å²) < 4.78 is 5.91. The van der Waals surface area contributed by atoms with Crippen LogP contribution in [-0.2, 0) is 9.53 Å². The molecule has 3 aliphatic rings. The summed E-state index contributed by atoms with van der Waals surface area (Å²) in [6.07, 6.45) is 8.19. The average Bonchev–Trinajstić information content (AvgIpc) is 2.84. The average molecular weight is 308 g/mol. The SMILES string of the molecule is CC(C)COC1CCN(C(=O)CC2CC3CCC(C2)N3)CC1. The molecule has 0 radical (unpaired) electrons. The van der Waals surface area contributed by atoms with E-state index in [4.69, 9.17) is 4.74 Å². The van der Waals surface area contributed by atoms with Crippen molar-refractivity contribution in [1.82, 2.24) is 10.2 Å². The lowest BCUT2D eigenvalue weighted by Crippen LogP contribution is -2.43. The van der Waals surface area contributed by atoms with Gasteiger partial charge in [-0.3, -0.25) is 4.79 Å². The Hall–Kier alpha value is -0.610. The molecule has 0 aromatic heterocycles. The number of likely N-dealkylation sites (tertiary alicyclic amines) is 1. The van der Waals surface area contributed by atoms with E-state index in [1.807, 2.05) is 0 Å². The maximum absolute atomic E-state index is 12.5. The molecule has 1 N–H and O–H groups in total. The van der Waals surface area contributed by atoms with Crippen molar-refractivity contribution in [2.24, 2.45) is 11.8 Å². The summed E-state index contributed by atoms with van der Waals surface area (Å²) in [5, 5.41) is 3.66. The van der Waals surface area contributed by atoms with Crippen LogP contribution in [0.1, 0.15) is 58.8 Å². The van der Waals surface area contributed by atoms with Crippen molar-refractivity contribution in [3.8, 4) is 0 Å². The van der Waals surface area contributed by atoms with Gasteiger partial charge in [-0.15, -0.1) is 0 Å². The number of ether oxygens (including phenoxy) is 1. The Bertz CT molecular complexity index is 365. The lowest BCUT2D eigenvalue weighted by Gasteiger charge is -2.34. The second-order valence-electron chi connectivity index (χ2n) is 7.99. The molecule has 4 nitrogen and oxygen atoms in total. The van der Waals surface area contributed by atoms with Crippen LogP contribution in [0.5, 0.6) is 0 Å². The number of nitrogens with zero attached hydrogens (tertiary/aromatic N) is 1. The Morgan fingerprint density at radius 2 is 1.77 bits per heavy atom. The summed E-state index contributed by atoms with van der Waals surface area (Å²) in [6.45, 7) is 6.99. The molecule has 1 amide bonds. The van der Waals surface area contributed by atoms with Crippen LogP contribution in [0.15, 0.2) is 0 Å². The number of piperidine rings is 2. The Kier molecular flexibility index (Phi) is 5.40. The molecule has 2 unspecified atom stereocenters. The van der Waals surface area contributed by atoms with E-state index in [0.717, 1.165) is 39.0 Å². The molecule has 126 valence electrons. The van der Waals surface area contributed by atoms with Crippen molar-refractivity contribution >= 4 is 5.91 Å². The van der Waals surface area contributed by atoms with Crippen LogP contribution in [0.4, 0.5) is 0 Å². The third-order valence-electron chi connectivity index (χ3n) is 5.49. The van der Waals surface area contributed by atoms with Crippen molar-refractivity contribution in [2.75, 3.05) is 19.7 Å². The van der Waals surface area contributed by atoms with Gasteiger partial charge in [0.25, 0.3) is 0 Å². The van der Waals surface area contributed by atoms with Crippen molar-refractivity contribution in [3.05, 3.63) is 0 Å².